The molecule has 2 rings (SSSR count). The number of benzene rings is 1. The van der Waals surface area contributed by atoms with Gasteiger partial charge in [-0.05, 0) is 29.8 Å². The average molecular weight is 273 g/mol. The fraction of sp³-hybridized carbons (Fsp3) is 0.133. The van der Waals surface area contributed by atoms with Crippen molar-refractivity contribution < 1.29 is 19.4 Å². The Balaban J connectivity index is 2.48. The van der Waals surface area contributed by atoms with E-state index >= 15 is 0 Å². The number of esters is 1. The molecule has 1 aromatic carbocycles. The number of methoxy groups -OCH3 is 2. The van der Waals surface area contributed by atoms with Crippen LogP contribution in [0.4, 0.5) is 0 Å². The summed E-state index contributed by atoms with van der Waals surface area (Å²) in [7, 11) is 2.76. The molecule has 2 aromatic rings. The van der Waals surface area contributed by atoms with Gasteiger partial charge in [0, 0.05) is 18.0 Å². The number of phenolic OH excluding ortho intramolecular Hbond substituents is 1. The van der Waals surface area contributed by atoms with Crippen molar-refractivity contribution in [2.45, 2.75) is 0 Å². The summed E-state index contributed by atoms with van der Waals surface area (Å²) in [5.41, 5.74) is 1.50. The Bertz CT molecular complexity index is 630. The highest BCUT2D eigenvalue weighted by atomic mass is 16.5. The first kappa shape index (κ1) is 13.7. The Morgan fingerprint density at radius 2 is 2.10 bits per heavy atom. The minimum Gasteiger partial charge on any atom is -0.507 e. The van der Waals surface area contributed by atoms with Crippen molar-refractivity contribution in [3.63, 3.8) is 0 Å². The molecule has 104 valence electrons. The molecule has 5 heteroatoms. The Morgan fingerprint density at radius 1 is 1.30 bits per heavy atom. The minimum absolute atomic E-state index is 0.108. The number of aromatic amines is 1. The summed E-state index contributed by atoms with van der Waals surface area (Å²) in [6.07, 6.45) is 5.30. The number of hydrogen-bond donors (Lipinski definition) is 2. The molecule has 1 heterocycles. The maximum atomic E-state index is 11.8. The highest BCUT2D eigenvalue weighted by Crippen LogP contribution is 2.29. The molecule has 0 unspecified atom stereocenters. The van der Waals surface area contributed by atoms with E-state index in [-0.39, 0.29) is 11.3 Å². The fourth-order valence-corrected chi connectivity index (χ4v) is 1.82. The van der Waals surface area contributed by atoms with E-state index in [1.165, 1.54) is 20.3 Å². The molecule has 0 amide bonds. The lowest BCUT2D eigenvalue weighted by Crippen LogP contribution is -2.04. The normalized spacial score (nSPS) is 10.7. The number of hydrogen-bond acceptors (Lipinski definition) is 4. The summed E-state index contributed by atoms with van der Waals surface area (Å²) in [5.74, 6) is -0.320. The van der Waals surface area contributed by atoms with E-state index < -0.39 is 5.97 Å². The van der Waals surface area contributed by atoms with Gasteiger partial charge in [0.05, 0.1) is 14.2 Å². The molecule has 0 saturated carbocycles. The van der Waals surface area contributed by atoms with Gasteiger partial charge in [-0.3, -0.25) is 0 Å². The number of ether oxygens (including phenoxy) is 2. The maximum Gasteiger partial charge on any atom is 0.342 e. The summed E-state index contributed by atoms with van der Waals surface area (Å²) in [5, 5.41) is 9.94. The topological polar surface area (TPSA) is 71.6 Å². The predicted octanol–water partition coefficient (Wildman–Crippen LogP) is 2.69. The van der Waals surface area contributed by atoms with Crippen LogP contribution in [0.3, 0.4) is 0 Å². The van der Waals surface area contributed by atoms with E-state index in [1.807, 2.05) is 12.1 Å². The van der Waals surface area contributed by atoms with Gasteiger partial charge in [0.1, 0.15) is 17.1 Å². The van der Waals surface area contributed by atoms with Crippen LogP contribution in [0.2, 0.25) is 0 Å². The van der Waals surface area contributed by atoms with Crippen molar-refractivity contribution in [2.75, 3.05) is 14.2 Å². The van der Waals surface area contributed by atoms with E-state index in [0.717, 1.165) is 5.69 Å². The summed E-state index contributed by atoms with van der Waals surface area (Å²) < 4.78 is 9.77. The van der Waals surface area contributed by atoms with Gasteiger partial charge in [-0.15, -0.1) is 0 Å². The van der Waals surface area contributed by atoms with E-state index in [1.54, 1.807) is 24.4 Å². The Kier molecular flexibility index (Phi) is 4.10. The molecule has 0 aliphatic heterocycles. The molecule has 0 radical (unpaired) electrons. The highest BCUT2D eigenvalue weighted by Gasteiger charge is 2.17. The van der Waals surface area contributed by atoms with Gasteiger partial charge >= 0.3 is 5.97 Å². The third-order valence-corrected chi connectivity index (χ3v) is 2.81. The SMILES string of the molecule is COC(=O)c1c(O)cc(OC)cc1/C=C\c1ccc[nH]1. The van der Waals surface area contributed by atoms with Crippen LogP contribution in [-0.4, -0.2) is 30.3 Å². The summed E-state index contributed by atoms with van der Waals surface area (Å²) in [6.45, 7) is 0. The molecule has 0 bridgehead atoms. The zero-order chi connectivity index (χ0) is 14.5. The van der Waals surface area contributed by atoms with Crippen molar-refractivity contribution in [1.82, 2.24) is 4.98 Å². The molecule has 0 fully saturated rings. The van der Waals surface area contributed by atoms with Gasteiger partial charge < -0.3 is 19.6 Å². The number of carbonyl (C=O) groups excluding carboxylic acids is 1. The Labute approximate surface area is 116 Å². The van der Waals surface area contributed by atoms with Crippen LogP contribution in [0.25, 0.3) is 12.2 Å². The molecule has 0 spiro atoms. The number of carbonyl (C=O) groups is 1. The Hall–Kier alpha value is -2.69. The Morgan fingerprint density at radius 3 is 2.70 bits per heavy atom. The lowest BCUT2D eigenvalue weighted by molar-refractivity contribution is 0.0597. The third kappa shape index (κ3) is 2.83. The number of rotatable bonds is 4. The molecule has 20 heavy (non-hydrogen) atoms. The van der Waals surface area contributed by atoms with Gasteiger partial charge in [0.25, 0.3) is 0 Å². The first-order chi connectivity index (χ1) is 9.65. The first-order valence-electron chi connectivity index (χ1n) is 5.96. The lowest BCUT2D eigenvalue weighted by Gasteiger charge is -2.09. The van der Waals surface area contributed by atoms with Crippen molar-refractivity contribution in [1.29, 1.82) is 0 Å². The van der Waals surface area contributed by atoms with Crippen LogP contribution in [0.1, 0.15) is 21.6 Å². The fourth-order valence-electron chi connectivity index (χ4n) is 1.82. The number of aromatic nitrogens is 1. The van der Waals surface area contributed by atoms with Crippen molar-refractivity contribution >= 4 is 18.1 Å². The molecule has 5 nitrogen and oxygen atoms in total. The van der Waals surface area contributed by atoms with Gasteiger partial charge in [-0.25, -0.2) is 4.79 Å². The minimum atomic E-state index is -0.601. The molecule has 0 aliphatic carbocycles. The summed E-state index contributed by atoms with van der Waals surface area (Å²) in [4.78, 5) is 14.8. The monoisotopic (exact) mass is 273 g/mol. The molecule has 0 saturated heterocycles. The molecule has 2 N–H and O–H groups in total. The molecular weight excluding hydrogens is 258 g/mol. The van der Waals surface area contributed by atoms with Gasteiger partial charge in [0.2, 0.25) is 0 Å². The van der Waals surface area contributed by atoms with Crippen LogP contribution < -0.4 is 4.74 Å². The van der Waals surface area contributed by atoms with Crippen LogP contribution in [0, 0.1) is 0 Å². The zero-order valence-electron chi connectivity index (χ0n) is 11.2. The van der Waals surface area contributed by atoms with E-state index in [2.05, 4.69) is 9.72 Å². The van der Waals surface area contributed by atoms with Crippen LogP contribution in [0.15, 0.2) is 30.5 Å². The largest absolute Gasteiger partial charge is 0.507 e. The van der Waals surface area contributed by atoms with Gasteiger partial charge in [-0.2, -0.15) is 0 Å². The molecule has 1 aromatic heterocycles. The second-order valence-electron chi connectivity index (χ2n) is 4.06. The smallest absolute Gasteiger partial charge is 0.342 e. The van der Waals surface area contributed by atoms with Crippen molar-refractivity contribution in [3.8, 4) is 11.5 Å². The van der Waals surface area contributed by atoms with Crippen LogP contribution in [0.5, 0.6) is 11.5 Å². The average Bonchev–Trinajstić information content (AvgIpc) is 2.97. The highest BCUT2D eigenvalue weighted by molar-refractivity contribution is 5.97. The second kappa shape index (κ2) is 5.97. The van der Waals surface area contributed by atoms with Crippen molar-refractivity contribution in [3.05, 3.63) is 47.3 Å². The van der Waals surface area contributed by atoms with Gasteiger partial charge in [-0.1, -0.05) is 6.08 Å². The first-order valence-corrected chi connectivity index (χ1v) is 5.96. The van der Waals surface area contributed by atoms with Crippen molar-refractivity contribution in [2.24, 2.45) is 0 Å². The molecular formula is C15H15NO4. The second-order valence-corrected chi connectivity index (χ2v) is 4.06. The maximum absolute atomic E-state index is 11.8. The third-order valence-electron chi connectivity index (χ3n) is 2.81. The van der Waals surface area contributed by atoms with E-state index in [9.17, 15) is 9.90 Å². The van der Waals surface area contributed by atoms with Gasteiger partial charge in [0.15, 0.2) is 0 Å². The quantitative estimate of drug-likeness (QED) is 0.840. The number of H-pyrrole nitrogens is 1. The molecule has 0 aliphatic rings. The molecule has 0 atom stereocenters. The van der Waals surface area contributed by atoms with E-state index in [0.29, 0.717) is 11.3 Å². The lowest BCUT2D eigenvalue weighted by atomic mass is 10.0. The van der Waals surface area contributed by atoms with Crippen LogP contribution in [-0.2, 0) is 4.74 Å². The summed E-state index contributed by atoms with van der Waals surface area (Å²) >= 11 is 0. The number of phenols is 1. The number of aromatic hydroxyl groups is 1. The zero-order valence-corrected chi connectivity index (χ0v) is 11.2. The number of nitrogens with one attached hydrogen (secondary N) is 1. The summed E-state index contributed by atoms with van der Waals surface area (Å²) in [6, 6.07) is 6.78. The van der Waals surface area contributed by atoms with Crippen LogP contribution >= 0.6 is 0 Å². The predicted molar refractivity (Wildman–Crippen MR) is 75.7 cm³/mol. The standard InChI is InChI=1S/C15H15NO4/c1-19-12-8-10(5-6-11-4-3-7-16-11)14(13(17)9-12)15(18)20-2/h3-9,16-17H,1-2H3/b6-5-. The van der Waals surface area contributed by atoms with E-state index in [4.69, 9.17) is 4.74 Å².